The maximum atomic E-state index is 12.8. The van der Waals surface area contributed by atoms with Crippen LogP contribution in [0.25, 0.3) is 0 Å². The van der Waals surface area contributed by atoms with Crippen molar-refractivity contribution < 1.29 is 83.4 Å². The van der Waals surface area contributed by atoms with Crippen molar-refractivity contribution in [3.8, 4) is 0 Å². The number of rotatable bonds is 25. The monoisotopic (exact) mass is 644 g/mol. The molecule has 0 saturated heterocycles. The van der Waals surface area contributed by atoms with Crippen LogP contribution in [-0.2, 0) is 19.6 Å². The Labute approximate surface area is 303 Å². The Hall–Kier alpha value is -0.814. The molecule has 1 aromatic rings. The number of hydrogen-bond acceptors (Lipinski definition) is 7. The summed E-state index contributed by atoms with van der Waals surface area (Å²) in [6.07, 6.45) is 28.1. The fourth-order valence-corrected chi connectivity index (χ4v) is 5.07. The van der Waals surface area contributed by atoms with E-state index in [4.69, 9.17) is 9.47 Å². The SMILES string of the molecule is CC/C=C/CCCCCCCCCOC(=O)c1ccc(S(=O)(=O)[O-])cc1C(=O)OCCCCCCCCC/C=C/CC.[K+]. The van der Waals surface area contributed by atoms with E-state index in [0.717, 1.165) is 82.4 Å². The van der Waals surface area contributed by atoms with Gasteiger partial charge in [-0.1, -0.05) is 102 Å². The quantitative estimate of drug-likeness (QED) is 0.0417. The van der Waals surface area contributed by atoms with E-state index in [1.54, 1.807) is 0 Å². The van der Waals surface area contributed by atoms with Gasteiger partial charge in [-0.25, -0.2) is 18.0 Å². The Bertz CT molecular complexity index is 1050. The van der Waals surface area contributed by atoms with Crippen LogP contribution in [0.2, 0.25) is 0 Å². The largest absolute Gasteiger partial charge is 1.00 e. The van der Waals surface area contributed by atoms with Crippen LogP contribution in [0.4, 0.5) is 0 Å². The minimum atomic E-state index is -4.81. The van der Waals surface area contributed by atoms with Crippen LogP contribution < -0.4 is 51.4 Å². The van der Waals surface area contributed by atoms with Crippen molar-refractivity contribution in [2.24, 2.45) is 0 Å². The van der Waals surface area contributed by atoms with E-state index in [-0.39, 0.29) is 75.7 Å². The number of carbonyl (C=O) groups excluding carboxylic acids is 2. The van der Waals surface area contributed by atoms with Gasteiger partial charge in [0.1, 0.15) is 10.1 Å². The molecule has 1 rings (SSSR count). The van der Waals surface area contributed by atoms with E-state index < -0.39 is 27.0 Å². The van der Waals surface area contributed by atoms with Crippen molar-refractivity contribution in [2.45, 2.75) is 134 Å². The molecule has 238 valence electrons. The first-order valence-corrected chi connectivity index (χ1v) is 17.5. The Morgan fingerprint density at radius 2 is 1.02 bits per heavy atom. The third-order valence-electron chi connectivity index (χ3n) is 7.02. The first kappa shape index (κ1) is 42.2. The Kier molecular flexibility index (Phi) is 27.0. The molecule has 0 amide bonds. The molecule has 1 aromatic carbocycles. The maximum Gasteiger partial charge on any atom is 1.00 e. The molecule has 0 saturated carbocycles. The van der Waals surface area contributed by atoms with E-state index in [1.165, 1.54) is 38.5 Å². The Balaban J connectivity index is 0.0000176. The molecule has 0 aliphatic carbocycles. The summed E-state index contributed by atoms with van der Waals surface area (Å²) in [5, 5.41) is 0. The summed E-state index contributed by atoms with van der Waals surface area (Å²) in [6.45, 7) is 4.62. The molecule has 0 radical (unpaired) electrons. The standard InChI is InChI=1S/C34H54O7S.K/c1-3-5-7-9-11-13-15-17-19-21-23-27-40-33(35)31-26-25-30(42(37,38)39)29-32(31)34(36)41-28-24-22-20-18-16-14-12-10-8-6-4-2;/h5-8,25-26,29H,3-4,9-24,27-28H2,1-2H3,(H,37,38,39);/q;+1/p-1/b7-5+,8-6+;. The van der Waals surface area contributed by atoms with Gasteiger partial charge in [-0.3, -0.25) is 0 Å². The van der Waals surface area contributed by atoms with Gasteiger partial charge in [0.15, 0.2) is 0 Å². The summed E-state index contributed by atoms with van der Waals surface area (Å²) in [4.78, 5) is 24.9. The number of ether oxygens (including phenoxy) is 2. The van der Waals surface area contributed by atoms with Crippen molar-refractivity contribution in [3.63, 3.8) is 0 Å². The van der Waals surface area contributed by atoms with Gasteiger partial charge in [0.25, 0.3) is 0 Å². The third-order valence-corrected chi connectivity index (χ3v) is 7.85. The molecule has 0 fully saturated rings. The zero-order valence-electron chi connectivity index (χ0n) is 26.9. The summed E-state index contributed by atoms with van der Waals surface area (Å²) in [5.41, 5.74) is -0.360. The van der Waals surface area contributed by atoms with Crippen LogP contribution in [0.3, 0.4) is 0 Å². The van der Waals surface area contributed by atoms with Crippen molar-refractivity contribution in [3.05, 3.63) is 53.6 Å². The van der Waals surface area contributed by atoms with E-state index in [9.17, 15) is 22.6 Å². The van der Waals surface area contributed by atoms with E-state index in [0.29, 0.717) is 12.8 Å². The number of esters is 2. The van der Waals surface area contributed by atoms with Gasteiger partial charge in [-0.05, 0) is 69.6 Å². The molecular weight excluding hydrogens is 592 g/mol. The first-order valence-electron chi connectivity index (χ1n) is 16.0. The third kappa shape index (κ3) is 21.5. The van der Waals surface area contributed by atoms with Crippen LogP contribution in [0, 0.1) is 0 Å². The molecule has 0 atom stereocenters. The predicted molar refractivity (Wildman–Crippen MR) is 168 cm³/mol. The van der Waals surface area contributed by atoms with E-state index in [1.807, 2.05) is 0 Å². The Morgan fingerprint density at radius 1 is 0.628 bits per heavy atom. The van der Waals surface area contributed by atoms with Crippen LogP contribution in [0.15, 0.2) is 47.4 Å². The molecule has 0 heterocycles. The van der Waals surface area contributed by atoms with E-state index in [2.05, 4.69) is 38.2 Å². The maximum absolute atomic E-state index is 12.8. The summed E-state index contributed by atoms with van der Waals surface area (Å²) >= 11 is 0. The second-order valence-electron chi connectivity index (χ2n) is 10.7. The molecular formula is C34H53KO7S. The predicted octanol–water partition coefficient (Wildman–Crippen LogP) is 6.08. The van der Waals surface area contributed by atoms with Gasteiger partial charge in [-0.2, -0.15) is 0 Å². The molecule has 0 unspecified atom stereocenters. The second kappa shape index (κ2) is 27.5. The van der Waals surface area contributed by atoms with Gasteiger partial charge in [-0.15, -0.1) is 0 Å². The summed E-state index contributed by atoms with van der Waals surface area (Å²) in [7, 11) is -4.81. The van der Waals surface area contributed by atoms with Gasteiger partial charge < -0.3 is 14.0 Å². The summed E-state index contributed by atoms with van der Waals surface area (Å²) in [6, 6.07) is 3.08. The number of benzene rings is 1. The number of unbranched alkanes of at least 4 members (excludes halogenated alkanes) is 14. The number of carbonyl (C=O) groups is 2. The minimum Gasteiger partial charge on any atom is -0.744 e. The normalized spacial score (nSPS) is 11.6. The summed E-state index contributed by atoms with van der Waals surface area (Å²) in [5.74, 6) is -1.57. The van der Waals surface area contributed by atoms with E-state index >= 15 is 0 Å². The zero-order chi connectivity index (χ0) is 30.9. The number of allylic oxidation sites excluding steroid dienone is 4. The summed E-state index contributed by atoms with van der Waals surface area (Å²) < 4.78 is 45.3. The topological polar surface area (TPSA) is 110 Å². The van der Waals surface area contributed by atoms with Gasteiger partial charge in [0.2, 0.25) is 0 Å². The Morgan fingerprint density at radius 3 is 1.44 bits per heavy atom. The first-order chi connectivity index (χ1) is 20.3. The van der Waals surface area contributed by atoms with Gasteiger partial charge in [0, 0.05) is 0 Å². The molecule has 0 spiro atoms. The molecule has 7 nitrogen and oxygen atoms in total. The molecule has 0 aromatic heterocycles. The van der Waals surface area contributed by atoms with Crippen molar-refractivity contribution in [1.29, 1.82) is 0 Å². The van der Waals surface area contributed by atoms with Crippen molar-refractivity contribution in [2.75, 3.05) is 13.2 Å². The van der Waals surface area contributed by atoms with Crippen LogP contribution >= 0.6 is 0 Å². The molecule has 0 bridgehead atoms. The average molecular weight is 645 g/mol. The van der Waals surface area contributed by atoms with Crippen molar-refractivity contribution >= 4 is 22.1 Å². The smallest absolute Gasteiger partial charge is 0.744 e. The fourth-order valence-electron chi connectivity index (χ4n) is 4.58. The van der Waals surface area contributed by atoms with Crippen LogP contribution in [0.1, 0.15) is 150 Å². The molecule has 9 heteroatoms. The van der Waals surface area contributed by atoms with Crippen LogP contribution in [-0.4, -0.2) is 38.1 Å². The molecule has 0 N–H and O–H groups in total. The minimum absolute atomic E-state index is 0. The van der Waals surface area contributed by atoms with Gasteiger partial charge in [0.05, 0.1) is 29.2 Å². The zero-order valence-corrected chi connectivity index (χ0v) is 30.9. The van der Waals surface area contributed by atoms with Gasteiger partial charge >= 0.3 is 63.3 Å². The molecule has 0 aliphatic heterocycles. The number of hydrogen-bond donors (Lipinski definition) is 0. The second-order valence-corrected chi connectivity index (χ2v) is 12.1. The van der Waals surface area contributed by atoms with Crippen molar-refractivity contribution in [1.82, 2.24) is 0 Å². The molecule has 0 aliphatic rings. The molecule has 43 heavy (non-hydrogen) atoms. The van der Waals surface area contributed by atoms with Crippen LogP contribution in [0.5, 0.6) is 0 Å². The average Bonchev–Trinajstić information content (AvgIpc) is 2.97. The fraction of sp³-hybridized carbons (Fsp3) is 0.647.